The molecule has 0 spiro atoms. The van der Waals surface area contributed by atoms with Crippen molar-refractivity contribution in [3.63, 3.8) is 0 Å². The zero-order valence-corrected chi connectivity index (χ0v) is 22.5. The Kier molecular flexibility index (Phi) is 10.0. The molecule has 4 heteroatoms. The first kappa shape index (κ1) is 26.4. The summed E-state index contributed by atoms with van der Waals surface area (Å²) in [4.78, 5) is 19.5. The van der Waals surface area contributed by atoms with Gasteiger partial charge in [0.05, 0.1) is 17.4 Å². The van der Waals surface area contributed by atoms with Crippen LogP contribution in [0, 0.1) is 5.92 Å². The molecule has 0 N–H and O–H groups in total. The number of aromatic nitrogens is 2. The van der Waals surface area contributed by atoms with E-state index in [1.165, 1.54) is 68.9 Å². The van der Waals surface area contributed by atoms with Crippen molar-refractivity contribution < 1.29 is 4.79 Å². The lowest BCUT2D eigenvalue weighted by Crippen LogP contribution is -2.41. The number of hydrogen-bond donors (Lipinski definition) is 0. The number of rotatable bonds is 7. The molecule has 2 aromatic carbocycles. The van der Waals surface area contributed by atoms with E-state index in [0.717, 1.165) is 36.3 Å². The maximum Gasteiger partial charge on any atom is 0.224 e. The molecule has 1 amide bonds. The smallest absolute Gasteiger partial charge is 0.224 e. The molecule has 4 nitrogen and oxygen atoms in total. The molecule has 2 fully saturated rings. The van der Waals surface area contributed by atoms with Crippen LogP contribution in [0.3, 0.4) is 0 Å². The van der Waals surface area contributed by atoms with Crippen LogP contribution in [0.5, 0.6) is 0 Å². The van der Waals surface area contributed by atoms with E-state index >= 15 is 0 Å². The van der Waals surface area contributed by atoms with Crippen LogP contribution in [0.2, 0.25) is 0 Å². The van der Waals surface area contributed by atoms with Gasteiger partial charge in [0.2, 0.25) is 5.91 Å². The van der Waals surface area contributed by atoms with E-state index in [0.29, 0.717) is 19.0 Å². The third-order valence-corrected chi connectivity index (χ3v) is 8.27. The third-order valence-electron chi connectivity index (χ3n) is 8.27. The Morgan fingerprint density at radius 1 is 0.889 bits per heavy atom. The van der Waals surface area contributed by atoms with Crippen LogP contribution >= 0.6 is 0 Å². The van der Waals surface area contributed by atoms with Crippen LogP contribution in [0.4, 0.5) is 0 Å². The fraction of sp³-hybridized carbons (Fsp3) is 0.562. The van der Waals surface area contributed by atoms with Gasteiger partial charge >= 0.3 is 0 Å². The predicted octanol–water partition coefficient (Wildman–Crippen LogP) is 8.25. The van der Waals surface area contributed by atoms with Gasteiger partial charge in [0.15, 0.2) is 0 Å². The van der Waals surface area contributed by atoms with Gasteiger partial charge in [-0.2, -0.15) is 0 Å². The van der Waals surface area contributed by atoms with Crippen molar-refractivity contribution in [3.05, 3.63) is 54.9 Å². The van der Waals surface area contributed by atoms with Gasteiger partial charge in [0.25, 0.3) is 0 Å². The molecule has 2 aliphatic carbocycles. The molecule has 0 aliphatic heterocycles. The Labute approximate surface area is 218 Å². The van der Waals surface area contributed by atoms with Crippen LogP contribution in [0.15, 0.2) is 54.9 Å². The van der Waals surface area contributed by atoms with Crippen molar-refractivity contribution in [2.45, 2.75) is 103 Å². The summed E-state index contributed by atoms with van der Waals surface area (Å²) in [6.07, 6.45) is 17.5. The van der Waals surface area contributed by atoms with Gasteiger partial charge in [-0.05, 0) is 48.9 Å². The SMILES string of the molecule is CCC1CCCCC1.CCN(C(=O)CCn1cnc2ccc(-c3ccccc3)cc21)C1CCCCC1. The van der Waals surface area contributed by atoms with Gasteiger partial charge in [-0.3, -0.25) is 4.79 Å². The normalized spacial score (nSPS) is 16.9. The predicted molar refractivity (Wildman–Crippen MR) is 151 cm³/mol. The van der Waals surface area contributed by atoms with E-state index < -0.39 is 0 Å². The van der Waals surface area contributed by atoms with Crippen molar-refractivity contribution in [3.8, 4) is 11.1 Å². The molecule has 2 aliphatic rings. The molecular formula is C32H45N3O. The molecule has 1 aromatic heterocycles. The Hall–Kier alpha value is -2.62. The fourth-order valence-electron chi connectivity index (χ4n) is 6.03. The molecule has 194 valence electrons. The molecule has 36 heavy (non-hydrogen) atoms. The largest absolute Gasteiger partial charge is 0.340 e. The number of amides is 1. The van der Waals surface area contributed by atoms with Crippen molar-refractivity contribution in [2.75, 3.05) is 6.54 Å². The zero-order valence-electron chi connectivity index (χ0n) is 22.5. The molecule has 0 saturated heterocycles. The minimum Gasteiger partial charge on any atom is -0.340 e. The van der Waals surface area contributed by atoms with Gasteiger partial charge in [0, 0.05) is 25.6 Å². The fourth-order valence-corrected chi connectivity index (χ4v) is 6.03. The minimum atomic E-state index is 0.274. The van der Waals surface area contributed by atoms with E-state index in [4.69, 9.17) is 0 Å². The quantitative estimate of drug-likeness (QED) is 0.336. The number of carbonyl (C=O) groups is 1. The number of fused-ring (bicyclic) bond motifs is 1. The summed E-state index contributed by atoms with van der Waals surface area (Å²) >= 11 is 0. The number of hydrogen-bond acceptors (Lipinski definition) is 2. The highest BCUT2D eigenvalue weighted by Gasteiger charge is 2.23. The van der Waals surface area contributed by atoms with Crippen LogP contribution in [0.1, 0.15) is 90.9 Å². The van der Waals surface area contributed by atoms with E-state index in [2.05, 4.69) is 70.8 Å². The van der Waals surface area contributed by atoms with Gasteiger partial charge < -0.3 is 9.47 Å². The van der Waals surface area contributed by atoms with Gasteiger partial charge in [-0.1, -0.05) is 101 Å². The lowest BCUT2D eigenvalue weighted by molar-refractivity contribution is -0.134. The van der Waals surface area contributed by atoms with Gasteiger partial charge in [-0.15, -0.1) is 0 Å². The molecular weight excluding hydrogens is 442 g/mol. The van der Waals surface area contributed by atoms with E-state index in [1.54, 1.807) is 0 Å². The van der Waals surface area contributed by atoms with Gasteiger partial charge in [0.1, 0.15) is 0 Å². The third kappa shape index (κ3) is 6.99. The second kappa shape index (κ2) is 13.6. The summed E-state index contributed by atoms with van der Waals surface area (Å²) in [7, 11) is 0. The number of imidazole rings is 1. The monoisotopic (exact) mass is 487 g/mol. The van der Waals surface area contributed by atoms with E-state index in [-0.39, 0.29) is 5.91 Å². The average molecular weight is 488 g/mol. The number of benzene rings is 2. The molecule has 0 atom stereocenters. The van der Waals surface area contributed by atoms with Gasteiger partial charge in [-0.25, -0.2) is 4.98 Å². The number of aryl methyl sites for hydroxylation is 1. The second-order valence-electron chi connectivity index (χ2n) is 10.6. The number of carbonyl (C=O) groups excluding carboxylic acids is 1. The second-order valence-corrected chi connectivity index (χ2v) is 10.6. The van der Waals surface area contributed by atoms with Crippen molar-refractivity contribution in [1.29, 1.82) is 0 Å². The lowest BCUT2D eigenvalue weighted by Gasteiger charge is -2.33. The summed E-state index contributed by atoms with van der Waals surface area (Å²) in [6.45, 7) is 5.91. The first-order valence-corrected chi connectivity index (χ1v) is 14.5. The molecule has 3 aromatic rings. The summed E-state index contributed by atoms with van der Waals surface area (Å²) in [6, 6.07) is 17.2. The summed E-state index contributed by atoms with van der Waals surface area (Å²) in [5.41, 5.74) is 4.45. The summed E-state index contributed by atoms with van der Waals surface area (Å²) in [5, 5.41) is 0. The Balaban J connectivity index is 0.000000325. The van der Waals surface area contributed by atoms with Crippen molar-refractivity contribution in [1.82, 2.24) is 14.5 Å². The highest BCUT2D eigenvalue weighted by atomic mass is 16.2. The lowest BCUT2D eigenvalue weighted by atomic mass is 9.88. The topological polar surface area (TPSA) is 38.1 Å². The molecule has 0 radical (unpaired) electrons. The Morgan fingerprint density at radius 3 is 2.22 bits per heavy atom. The minimum absolute atomic E-state index is 0.274. The molecule has 0 bridgehead atoms. The zero-order chi connectivity index (χ0) is 25.2. The van der Waals surface area contributed by atoms with E-state index in [1.807, 2.05) is 12.4 Å². The average Bonchev–Trinajstić information content (AvgIpc) is 3.36. The first-order valence-electron chi connectivity index (χ1n) is 14.5. The van der Waals surface area contributed by atoms with E-state index in [9.17, 15) is 4.79 Å². The highest BCUT2D eigenvalue weighted by Crippen LogP contribution is 2.26. The summed E-state index contributed by atoms with van der Waals surface area (Å²) in [5.74, 6) is 1.36. The number of nitrogens with zero attached hydrogens (tertiary/aromatic N) is 3. The molecule has 1 heterocycles. The van der Waals surface area contributed by atoms with Crippen molar-refractivity contribution >= 4 is 16.9 Å². The summed E-state index contributed by atoms with van der Waals surface area (Å²) < 4.78 is 2.12. The van der Waals surface area contributed by atoms with Crippen LogP contribution in [-0.2, 0) is 11.3 Å². The molecule has 0 unspecified atom stereocenters. The van der Waals surface area contributed by atoms with Crippen LogP contribution < -0.4 is 0 Å². The van der Waals surface area contributed by atoms with Crippen molar-refractivity contribution in [2.24, 2.45) is 5.92 Å². The van der Waals surface area contributed by atoms with Crippen LogP contribution in [0.25, 0.3) is 22.2 Å². The van der Waals surface area contributed by atoms with Crippen LogP contribution in [-0.4, -0.2) is 32.9 Å². The highest BCUT2D eigenvalue weighted by molar-refractivity contribution is 5.82. The Bertz CT molecular complexity index is 1060. The Morgan fingerprint density at radius 2 is 1.58 bits per heavy atom. The maximum absolute atomic E-state index is 12.9. The first-order chi connectivity index (χ1) is 17.7. The molecule has 2 saturated carbocycles. The standard InChI is InChI=1S/C24H29N3O.C8H16/c1-2-27(21-11-7-4-8-12-21)24(28)15-16-26-18-25-22-14-13-20(17-23(22)26)19-9-5-3-6-10-19;1-2-8-6-4-3-5-7-8/h3,5-6,9-10,13-14,17-18,21H,2,4,7-8,11-12,15-16H2,1H3;8H,2-7H2,1H3. The molecule has 5 rings (SSSR count). The maximum atomic E-state index is 12.9.